The molecule has 5 N–H and O–H groups in total. The number of likely N-dealkylation sites (tertiary alicyclic amines) is 1. The Hall–Kier alpha value is -4.22. The van der Waals surface area contributed by atoms with Crippen molar-refractivity contribution in [3.8, 4) is 17.0 Å². The number of ether oxygens (including phenoxy) is 1. The molecular weight excluding hydrogens is 566 g/mol. The largest absolute Gasteiger partial charge is 0.490 e. The molecule has 2 fully saturated rings. The predicted molar refractivity (Wildman–Crippen MR) is 180 cm³/mol. The van der Waals surface area contributed by atoms with Crippen molar-refractivity contribution in [3.63, 3.8) is 0 Å². The minimum Gasteiger partial charge on any atom is -0.490 e. The fraction of sp³-hybridized carbons (Fsp3) is 0.471. The van der Waals surface area contributed by atoms with Crippen LogP contribution in [0.4, 0.5) is 22.2 Å². The second-order valence-corrected chi connectivity index (χ2v) is 12.6. The number of piperidine rings is 1. The van der Waals surface area contributed by atoms with E-state index in [1.165, 1.54) is 0 Å². The Balaban J connectivity index is 1.11. The van der Waals surface area contributed by atoms with Gasteiger partial charge in [-0.25, -0.2) is 14.8 Å². The van der Waals surface area contributed by atoms with Gasteiger partial charge in [-0.15, -0.1) is 0 Å². The molecule has 2 amide bonds. The van der Waals surface area contributed by atoms with Crippen LogP contribution >= 0.6 is 0 Å². The smallest absolute Gasteiger partial charge is 0.324 e. The van der Waals surface area contributed by atoms with Gasteiger partial charge in [-0.2, -0.15) is 5.10 Å². The number of nitrogens with one attached hydrogen (secondary N) is 3. The van der Waals surface area contributed by atoms with E-state index in [0.717, 1.165) is 97.1 Å². The molecule has 0 atom stereocenters. The van der Waals surface area contributed by atoms with Crippen molar-refractivity contribution >= 4 is 34.4 Å². The molecular formula is C34H45N9O2. The van der Waals surface area contributed by atoms with Crippen LogP contribution in [0.2, 0.25) is 0 Å². The topological polar surface area (TPSA) is 135 Å². The van der Waals surface area contributed by atoms with Crippen LogP contribution in [0.5, 0.6) is 5.75 Å². The van der Waals surface area contributed by atoms with Crippen LogP contribution in [0.1, 0.15) is 56.6 Å². The van der Waals surface area contributed by atoms with E-state index in [1.54, 1.807) is 4.68 Å². The molecule has 45 heavy (non-hydrogen) atoms. The summed E-state index contributed by atoms with van der Waals surface area (Å²) < 4.78 is 8.03. The first-order valence-electron chi connectivity index (χ1n) is 16.1. The molecule has 2 aliphatic rings. The van der Waals surface area contributed by atoms with E-state index in [9.17, 15) is 4.79 Å². The number of amides is 2. The molecule has 2 aromatic carbocycles. The number of fused-ring (bicyclic) bond motifs is 1. The fourth-order valence-electron chi connectivity index (χ4n) is 6.37. The van der Waals surface area contributed by atoms with Crippen molar-refractivity contribution in [3.05, 3.63) is 53.7 Å². The van der Waals surface area contributed by atoms with E-state index in [-0.39, 0.29) is 12.1 Å². The fourth-order valence-corrected chi connectivity index (χ4v) is 6.37. The lowest BCUT2D eigenvalue weighted by Crippen LogP contribution is -2.35. The van der Waals surface area contributed by atoms with Gasteiger partial charge in [0.05, 0.1) is 11.2 Å². The van der Waals surface area contributed by atoms with Crippen LogP contribution in [0.3, 0.4) is 0 Å². The maximum absolute atomic E-state index is 12.9. The summed E-state index contributed by atoms with van der Waals surface area (Å²) in [6, 6.07) is 12.2. The first-order chi connectivity index (χ1) is 21.7. The number of aromatic nitrogens is 4. The number of urea groups is 1. The summed E-state index contributed by atoms with van der Waals surface area (Å²) in [5, 5.41) is 14.9. The molecule has 4 aromatic rings. The van der Waals surface area contributed by atoms with Crippen LogP contribution in [-0.4, -0.2) is 69.0 Å². The molecule has 2 aromatic heterocycles. The van der Waals surface area contributed by atoms with E-state index in [0.29, 0.717) is 29.5 Å². The van der Waals surface area contributed by atoms with E-state index in [4.69, 9.17) is 15.5 Å². The van der Waals surface area contributed by atoms with Crippen LogP contribution in [-0.2, 0) is 13.5 Å². The zero-order chi connectivity index (χ0) is 31.5. The molecule has 0 bridgehead atoms. The lowest BCUT2D eigenvalue weighted by molar-refractivity contribution is 0.113. The first-order valence-corrected chi connectivity index (χ1v) is 16.1. The van der Waals surface area contributed by atoms with Gasteiger partial charge in [0.15, 0.2) is 5.82 Å². The number of aryl methyl sites for hydroxylation is 3. The highest BCUT2D eigenvalue weighted by molar-refractivity contribution is 5.99. The average Bonchev–Trinajstić information content (AvgIpc) is 3.39. The molecule has 11 nitrogen and oxygen atoms in total. The minimum absolute atomic E-state index is 0.227. The van der Waals surface area contributed by atoms with Crippen molar-refractivity contribution in [2.45, 2.75) is 77.0 Å². The number of carbonyl (C=O) groups is 1. The second-order valence-electron chi connectivity index (χ2n) is 12.6. The van der Waals surface area contributed by atoms with E-state index >= 15 is 0 Å². The Morgan fingerprint density at radius 1 is 1.02 bits per heavy atom. The highest BCUT2D eigenvalue weighted by Crippen LogP contribution is 2.30. The number of anilines is 3. The number of benzene rings is 2. The highest BCUT2D eigenvalue weighted by atomic mass is 16.5. The van der Waals surface area contributed by atoms with Crippen LogP contribution in [0.15, 0.2) is 42.6 Å². The summed E-state index contributed by atoms with van der Waals surface area (Å²) in [4.78, 5) is 24.8. The summed E-state index contributed by atoms with van der Waals surface area (Å²) in [6.07, 6.45) is 9.11. The predicted octanol–water partition coefficient (Wildman–Crippen LogP) is 5.70. The minimum atomic E-state index is -0.357. The maximum atomic E-state index is 12.9. The van der Waals surface area contributed by atoms with Crippen molar-refractivity contribution in [2.75, 3.05) is 36.1 Å². The molecule has 0 radical (unpaired) electrons. The molecule has 0 spiro atoms. The zero-order valence-corrected chi connectivity index (χ0v) is 26.8. The number of carbonyl (C=O) groups excluding carboxylic acids is 1. The normalized spacial score (nSPS) is 19.4. The molecule has 1 saturated carbocycles. The van der Waals surface area contributed by atoms with Crippen LogP contribution < -0.4 is 26.4 Å². The van der Waals surface area contributed by atoms with Gasteiger partial charge in [0.2, 0.25) is 5.95 Å². The Labute approximate surface area is 264 Å². The second kappa shape index (κ2) is 13.4. The van der Waals surface area contributed by atoms with E-state index < -0.39 is 0 Å². The lowest BCUT2D eigenvalue weighted by atomic mass is 9.92. The molecule has 6 rings (SSSR count). The van der Waals surface area contributed by atoms with Gasteiger partial charge in [0.1, 0.15) is 11.9 Å². The van der Waals surface area contributed by atoms with Crippen molar-refractivity contribution in [2.24, 2.45) is 12.8 Å². The summed E-state index contributed by atoms with van der Waals surface area (Å²) in [7, 11) is 4.02. The van der Waals surface area contributed by atoms with Crippen LogP contribution in [0, 0.1) is 6.92 Å². The third-order valence-corrected chi connectivity index (χ3v) is 9.06. The van der Waals surface area contributed by atoms with E-state index in [2.05, 4.69) is 57.0 Å². The summed E-state index contributed by atoms with van der Waals surface area (Å²) >= 11 is 0. The number of hydrogen-bond acceptors (Lipinski definition) is 8. The number of rotatable bonds is 8. The molecule has 1 saturated heterocycles. The number of nitrogens with zero attached hydrogens (tertiary/aromatic N) is 5. The lowest BCUT2D eigenvalue weighted by Gasteiger charge is -2.29. The summed E-state index contributed by atoms with van der Waals surface area (Å²) in [5.74, 6) is 1.99. The van der Waals surface area contributed by atoms with E-state index in [1.807, 2.05) is 44.4 Å². The first kappa shape index (κ1) is 30.8. The third kappa shape index (κ3) is 7.37. The number of nitrogens with two attached hydrogens (primary N) is 1. The Morgan fingerprint density at radius 2 is 1.80 bits per heavy atom. The Kier molecular flexibility index (Phi) is 9.18. The maximum Gasteiger partial charge on any atom is 0.324 e. The molecule has 1 aliphatic carbocycles. The monoisotopic (exact) mass is 611 g/mol. The van der Waals surface area contributed by atoms with Gasteiger partial charge in [-0.1, -0.05) is 6.92 Å². The van der Waals surface area contributed by atoms with Gasteiger partial charge < -0.3 is 26.0 Å². The van der Waals surface area contributed by atoms with Gasteiger partial charge in [0, 0.05) is 61.1 Å². The van der Waals surface area contributed by atoms with Gasteiger partial charge >= 0.3 is 6.03 Å². The SMILES string of the molecule is CCc1cc(-c2cc(NC(=O)Nc3ccc(OC4CCN(C)CC4)c(C)c3)nn2C)cc2cnc(NC3CCC(N)CC3)nc12. The average molecular weight is 612 g/mol. The van der Waals surface area contributed by atoms with Gasteiger partial charge in [-0.3, -0.25) is 10.00 Å². The Morgan fingerprint density at radius 3 is 2.53 bits per heavy atom. The molecule has 238 valence electrons. The van der Waals surface area contributed by atoms with Crippen molar-refractivity contribution in [1.29, 1.82) is 0 Å². The van der Waals surface area contributed by atoms with Crippen molar-refractivity contribution < 1.29 is 9.53 Å². The third-order valence-electron chi connectivity index (χ3n) is 9.06. The zero-order valence-electron chi connectivity index (χ0n) is 26.8. The van der Waals surface area contributed by atoms with Gasteiger partial charge in [-0.05, 0) is 100 Å². The molecule has 11 heteroatoms. The summed E-state index contributed by atoms with van der Waals surface area (Å²) in [5.41, 5.74) is 11.7. The van der Waals surface area contributed by atoms with Gasteiger partial charge in [0.25, 0.3) is 0 Å². The standard InChI is InChI=1S/C34H45N9O2/c1-5-22-17-23(18-24-20-36-33(40-32(22)24)37-26-8-6-25(35)7-9-26)29-19-31(41-43(29)4)39-34(44)38-27-10-11-30(21(2)16-27)45-28-12-14-42(3)15-13-28/h10-11,16-20,25-26,28H,5-9,12-15,35H2,1-4H3,(H,36,37,40)(H2,38,39,41,44). The summed E-state index contributed by atoms with van der Waals surface area (Å²) in [6.45, 7) is 6.22. The van der Waals surface area contributed by atoms with Crippen LogP contribution in [0.25, 0.3) is 22.2 Å². The number of hydrogen-bond donors (Lipinski definition) is 4. The highest BCUT2D eigenvalue weighted by Gasteiger charge is 2.21. The molecule has 0 unspecified atom stereocenters. The molecule has 1 aliphatic heterocycles. The quantitative estimate of drug-likeness (QED) is 0.199. The molecule has 3 heterocycles. The van der Waals surface area contributed by atoms with Crippen molar-refractivity contribution in [1.82, 2.24) is 24.6 Å². The Bertz CT molecular complexity index is 1650.